The maximum Gasteiger partial charge on any atom is 0.225 e. The molecule has 4 aromatic rings. The SMILES string of the molecule is Nc1nc(NCCN2CCN(c3ccccc3F)CC2)cc2nc(-c3ccco3)nn12. The molecule has 0 aliphatic carbocycles. The summed E-state index contributed by atoms with van der Waals surface area (Å²) in [5, 5.41) is 7.65. The Balaban J connectivity index is 1.17. The standard InChI is InChI=1S/C21H23FN8O/c22-15-4-1-2-5-16(15)29-11-9-28(10-12-29)8-7-24-18-14-19-26-20(17-6-3-13-31-17)27-30(19)21(23)25-18/h1-6,13-14,24H,7-12H2,(H2,23,25). The normalized spacial score (nSPS) is 14.9. The molecule has 3 aromatic heterocycles. The van der Waals surface area contributed by atoms with Crippen LogP contribution >= 0.6 is 0 Å². The molecular weight excluding hydrogens is 399 g/mol. The summed E-state index contributed by atoms with van der Waals surface area (Å²) in [7, 11) is 0. The fourth-order valence-electron chi connectivity index (χ4n) is 3.77. The molecule has 0 atom stereocenters. The highest BCUT2D eigenvalue weighted by atomic mass is 19.1. The van der Waals surface area contributed by atoms with Gasteiger partial charge in [-0.3, -0.25) is 4.90 Å². The second-order valence-corrected chi connectivity index (χ2v) is 7.39. The largest absolute Gasteiger partial charge is 0.461 e. The molecular formula is C21H23FN8O. The van der Waals surface area contributed by atoms with Crippen molar-refractivity contribution in [1.82, 2.24) is 24.5 Å². The molecule has 1 fully saturated rings. The summed E-state index contributed by atoms with van der Waals surface area (Å²) in [5.74, 6) is 1.77. The van der Waals surface area contributed by atoms with Gasteiger partial charge < -0.3 is 20.4 Å². The van der Waals surface area contributed by atoms with Crippen molar-refractivity contribution < 1.29 is 8.81 Å². The van der Waals surface area contributed by atoms with Crippen LogP contribution in [0.1, 0.15) is 0 Å². The van der Waals surface area contributed by atoms with Crippen molar-refractivity contribution in [2.45, 2.75) is 0 Å². The second-order valence-electron chi connectivity index (χ2n) is 7.39. The van der Waals surface area contributed by atoms with E-state index in [0.717, 1.165) is 32.7 Å². The molecule has 31 heavy (non-hydrogen) atoms. The van der Waals surface area contributed by atoms with Crippen LogP contribution in [0.2, 0.25) is 0 Å². The summed E-state index contributed by atoms with van der Waals surface area (Å²) < 4.78 is 20.8. The number of rotatable bonds is 6. The first-order valence-corrected chi connectivity index (χ1v) is 10.2. The maximum absolute atomic E-state index is 14.0. The van der Waals surface area contributed by atoms with Gasteiger partial charge in [-0.2, -0.15) is 9.50 Å². The van der Waals surface area contributed by atoms with Gasteiger partial charge in [0.15, 0.2) is 11.4 Å². The Morgan fingerprint density at radius 2 is 1.90 bits per heavy atom. The zero-order valence-corrected chi connectivity index (χ0v) is 16.9. The third-order valence-electron chi connectivity index (χ3n) is 5.39. The van der Waals surface area contributed by atoms with Crippen LogP contribution in [0, 0.1) is 5.82 Å². The zero-order chi connectivity index (χ0) is 21.2. The molecule has 0 bridgehead atoms. The Hall–Kier alpha value is -3.66. The molecule has 0 saturated carbocycles. The van der Waals surface area contributed by atoms with E-state index in [0.29, 0.717) is 35.3 Å². The molecule has 3 N–H and O–H groups in total. The third-order valence-corrected chi connectivity index (χ3v) is 5.39. The Kier molecular flexibility index (Phi) is 5.13. The highest BCUT2D eigenvalue weighted by molar-refractivity contribution is 5.58. The van der Waals surface area contributed by atoms with Gasteiger partial charge in [-0.1, -0.05) is 12.1 Å². The van der Waals surface area contributed by atoms with Crippen molar-refractivity contribution in [3.63, 3.8) is 0 Å². The molecule has 1 aliphatic heterocycles. The van der Waals surface area contributed by atoms with Gasteiger partial charge in [0.25, 0.3) is 0 Å². The summed E-state index contributed by atoms with van der Waals surface area (Å²) >= 11 is 0. The lowest BCUT2D eigenvalue weighted by Crippen LogP contribution is -2.47. The van der Waals surface area contributed by atoms with E-state index in [9.17, 15) is 4.39 Å². The molecule has 0 unspecified atom stereocenters. The summed E-state index contributed by atoms with van der Waals surface area (Å²) in [6, 6.07) is 12.3. The number of para-hydroxylation sites is 1. The smallest absolute Gasteiger partial charge is 0.225 e. The summed E-state index contributed by atoms with van der Waals surface area (Å²) in [6.07, 6.45) is 1.58. The van der Waals surface area contributed by atoms with E-state index in [2.05, 4.69) is 30.2 Å². The number of aromatic nitrogens is 4. The fourth-order valence-corrected chi connectivity index (χ4v) is 3.77. The van der Waals surface area contributed by atoms with Gasteiger partial charge >= 0.3 is 0 Å². The monoisotopic (exact) mass is 422 g/mol. The van der Waals surface area contributed by atoms with Gasteiger partial charge in [-0.25, -0.2) is 9.37 Å². The number of halogens is 1. The van der Waals surface area contributed by atoms with Crippen LogP contribution in [0.25, 0.3) is 17.2 Å². The highest BCUT2D eigenvalue weighted by Crippen LogP contribution is 2.21. The summed E-state index contributed by atoms with van der Waals surface area (Å²) in [5.41, 5.74) is 7.33. The van der Waals surface area contributed by atoms with E-state index >= 15 is 0 Å². The quantitative estimate of drug-likeness (QED) is 0.488. The fraction of sp³-hybridized carbons (Fsp3) is 0.286. The minimum Gasteiger partial charge on any atom is -0.461 e. The zero-order valence-electron chi connectivity index (χ0n) is 16.9. The van der Waals surface area contributed by atoms with Crippen LogP contribution in [0.4, 0.5) is 21.8 Å². The Bertz CT molecular complexity index is 1170. The minimum absolute atomic E-state index is 0.166. The first-order chi connectivity index (χ1) is 15.2. The maximum atomic E-state index is 14.0. The lowest BCUT2D eigenvalue weighted by Gasteiger charge is -2.36. The Labute approximate surface area is 178 Å². The van der Waals surface area contributed by atoms with E-state index in [4.69, 9.17) is 10.2 Å². The molecule has 1 aromatic carbocycles. The number of hydrogen-bond acceptors (Lipinski definition) is 8. The van der Waals surface area contributed by atoms with E-state index < -0.39 is 0 Å². The van der Waals surface area contributed by atoms with Gasteiger partial charge in [0, 0.05) is 45.3 Å². The Morgan fingerprint density at radius 3 is 2.68 bits per heavy atom. The first-order valence-electron chi connectivity index (χ1n) is 10.2. The second kappa shape index (κ2) is 8.23. The molecule has 4 heterocycles. The Morgan fingerprint density at radius 1 is 1.06 bits per heavy atom. The lowest BCUT2D eigenvalue weighted by atomic mass is 10.2. The predicted octanol–water partition coefficient (Wildman–Crippen LogP) is 2.34. The van der Waals surface area contributed by atoms with Crippen LogP contribution in [0.5, 0.6) is 0 Å². The van der Waals surface area contributed by atoms with Crippen LogP contribution in [0.15, 0.2) is 53.1 Å². The van der Waals surface area contributed by atoms with Crippen molar-refractivity contribution in [2.24, 2.45) is 0 Å². The number of hydrogen-bond donors (Lipinski definition) is 2. The topological polar surface area (TPSA) is 101 Å². The molecule has 1 aliphatic rings. The molecule has 10 heteroatoms. The van der Waals surface area contributed by atoms with Gasteiger partial charge in [0.2, 0.25) is 11.8 Å². The number of nitrogens with zero attached hydrogens (tertiary/aromatic N) is 6. The van der Waals surface area contributed by atoms with Gasteiger partial charge in [0.1, 0.15) is 11.6 Å². The molecule has 0 radical (unpaired) electrons. The van der Waals surface area contributed by atoms with Crippen molar-refractivity contribution in [2.75, 3.05) is 55.2 Å². The van der Waals surface area contributed by atoms with Crippen LogP contribution < -0.4 is 16.0 Å². The highest BCUT2D eigenvalue weighted by Gasteiger charge is 2.19. The van der Waals surface area contributed by atoms with E-state index in [-0.39, 0.29) is 11.8 Å². The van der Waals surface area contributed by atoms with E-state index in [1.54, 1.807) is 24.5 Å². The average molecular weight is 422 g/mol. The number of nitrogens with one attached hydrogen (secondary N) is 1. The van der Waals surface area contributed by atoms with Crippen LogP contribution in [-0.4, -0.2) is 63.8 Å². The number of benzene rings is 1. The van der Waals surface area contributed by atoms with Gasteiger partial charge in [-0.05, 0) is 24.3 Å². The van der Waals surface area contributed by atoms with Crippen LogP contribution in [-0.2, 0) is 0 Å². The molecule has 9 nitrogen and oxygen atoms in total. The number of furan rings is 1. The lowest BCUT2D eigenvalue weighted by molar-refractivity contribution is 0.266. The van der Waals surface area contributed by atoms with Gasteiger partial charge in [-0.15, -0.1) is 5.10 Å². The van der Waals surface area contributed by atoms with Crippen molar-refractivity contribution >= 4 is 23.1 Å². The van der Waals surface area contributed by atoms with E-state index in [1.807, 2.05) is 18.2 Å². The van der Waals surface area contributed by atoms with Gasteiger partial charge in [0.05, 0.1) is 12.0 Å². The number of anilines is 3. The molecule has 5 rings (SSSR count). The van der Waals surface area contributed by atoms with E-state index in [1.165, 1.54) is 10.6 Å². The number of fused-ring (bicyclic) bond motifs is 1. The summed E-state index contributed by atoms with van der Waals surface area (Å²) in [6.45, 7) is 4.91. The molecule has 1 saturated heterocycles. The molecule has 0 amide bonds. The summed E-state index contributed by atoms with van der Waals surface area (Å²) in [4.78, 5) is 13.3. The first kappa shape index (κ1) is 19.3. The number of nitrogens with two attached hydrogens (primary N) is 1. The van der Waals surface area contributed by atoms with Crippen molar-refractivity contribution in [3.05, 3.63) is 54.5 Å². The average Bonchev–Trinajstić information content (AvgIpc) is 3.45. The molecule has 160 valence electrons. The third kappa shape index (κ3) is 4.02. The predicted molar refractivity (Wildman–Crippen MR) is 116 cm³/mol. The van der Waals surface area contributed by atoms with Crippen molar-refractivity contribution in [1.29, 1.82) is 0 Å². The van der Waals surface area contributed by atoms with Crippen molar-refractivity contribution in [3.8, 4) is 11.6 Å². The minimum atomic E-state index is -0.166. The van der Waals surface area contributed by atoms with Crippen LogP contribution in [0.3, 0.4) is 0 Å². The number of piperazine rings is 1. The number of nitrogen functional groups attached to an aromatic ring is 1. The molecule has 0 spiro atoms.